The molecule has 0 radical (unpaired) electrons. The van der Waals surface area contributed by atoms with Gasteiger partial charge in [0, 0.05) is 19.3 Å². The highest BCUT2D eigenvalue weighted by Gasteiger charge is 2.31. The molecule has 1 aromatic carbocycles. The fourth-order valence-corrected chi connectivity index (χ4v) is 2.17. The van der Waals surface area contributed by atoms with E-state index in [0.717, 1.165) is 25.1 Å². The van der Waals surface area contributed by atoms with Crippen LogP contribution in [0.5, 0.6) is 0 Å². The van der Waals surface area contributed by atoms with Gasteiger partial charge in [0.25, 0.3) is 0 Å². The van der Waals surface area contributed by atoms with Gasteiger partial charge in [-0.15, -0.1) is 0 Å². The van der Waals surface area contributed by atoms with Crippen LogP contribution in [-0.4, -0.2) is 31.6 Å². The van der Waals surface area contributed by atoms with E-state index in [0.29, 0.717) is 6.54 Å². The Labute approximate surface area is 122 Å². The van der Waals surface area contributed by atoms with Crippen LogP contribution in [0.3, 0.4) is 0 Å². The number of nitrogens with two attached hydrogens (primary N) is 1. The number of primary amides is 1. The largest absolute Gasteiger partial charge is 0.372 e. The maximum Gasteiger partial charge on any atom is 0.239 e. The first-order chi connectivity index (χ1) is 9.42. The minimum Gasteiger partial charge on any atom is -0.372 e. The number of rotatable bonds is 8. The Hall–Kier alpha value is -1.55. The van der Waals surface area contributed by atoms with Crippen LogP contribution in [-0.2, 0) is 11.2 Å². The number of amides is 1. The lowest BCUT2D eigenvalue weighted by Gasteiger charge is -2.33. The Kier molecular flexibility index (Phi) is 6.02. The zero-order valence-electron chi connectivity index (χ0n) is 13.1. The molecule has 4 nitrogen and oxygen atoms in total. The molecule has 3 N–H and O–H groups in total. The second-order valence-corrected chi connectivity index (χ2v) is 5.50. The third-order valence-corrected chi connectivity index (χ3v) is 3.65. The molecule has 0 spiro atoms. The van der Waals surface area contributed by atoms with Crippen LogP contribution in [0.2, 0.25) is 0 Å². The standard InChI is InChI=1S/C16H27N3O/c1-5-11-18-16(3,15(17)20)12-19(4)14-9-7-13(6-2)8-10-14/h7-10,18H,5-6,11-12H2,1-4H3,(H2,17,20). The van der Waals surface area contributed by atoms with Crippen molar-refractivity contribution in [2.75, 3.05) is 25.0 Å². The van der Waals surface area contributed by atoms with Gasteiger partial charge in [0.2, 0.25) is 5.91 Å². The summed E-state index contributed by atoms with van der Waals surface area (Å²) in [6.45, 7) is 7.40. The van der Waals surface area contributed by atoms with Gasteiger partial charge in [0.1, 0.15) is 5.54 Å². The molecule has 4 heteroatoms. The number of anilines is 1. The third-order valence-electron chi connectivity index (χ3n) is 3.65. The summed E-state index contributed by atoms with van der Waals surface area (Å²) in [6.07, 6.45) is 2.00. The second kappa shape index (κ2) is 7.29. The van der Waals surface area contributed by atoms with Gasteiger partial charge < -0.3 is 16.0 Å². The van der Waals surface area contributed by atoms with Crippen molar-refractivity contribution in [3.63, 3.8) is 0 Å². The first-order valence-corrected chi connectivity index (χ1v) is 7.28. The van der Waals surface area contributed by atoms with E-state index in [1.54, 1.807) is 0 Å². The van der Waals surface area contributed by atoms with Crippen molar-refractivity contribution in [3.8, 4) is 0 Å². The predicted molar refractivity (Wildman–Crippen MR) is 85.0 cm³/mol. The van der Waals surface area contributed by atoms with Gasteiger partial charge in [0.05, 0.1) is 0 Å². The lowest BCUT2D eigenvalue weighted by Crippen LogP contribution is -2.59. The Morgan fingerprint density at radius 1 is 1.30 bits per heavy atom. The number of hydrogen-bond acceptors (Lipinski definition) is 3. The molecule has 0 saturated heterocycles. The van der Waals surface area contributed by atoms with E-state index in [9.17, 15) is 4.79 Å². The fourth-order valence-electron chi connectivity index (χ4n) is 2.17. The molecule has 0 aliphatic heterocycles. The molecule has 0 fully saturated rings. The monoisotopic (exact) mass is 277 g/mol. The van der Waals surface area contributed by atoms with Gasteiger partial charge in [0.15, 0.2) is 0 Å². The molecule has 1 aromatic rings. The molecule has 0 aliphatic rings. The summed E-state index contributed by atoms with van der Waals surface area (Å²) in [5.41, 5.74) is 7.24. The summed E-state index contributed by atoms with van der Waals surface area (Å²) in [7, 11) is 1.98. The molecule has 1 atom stereocenters. The van der Waals surface area contributed by atoms with Crippen molar-refractivity contribution >= 4 is 11.6 Å². The summed E-state index contributed by atoms with van der Waals surface area (Å²) < 4.78 is 0. The van der Waals surface area contributed by atoms with Crippen LogP contribution in [0.15, 0.2) is 24.3 Å². The topological polar surface area (TPSA) is 58.4 Å². The van der Waals surface area contributed by atoms with E-state index in [1.165, 1.54) is 5.56 Å². The average molecular weight is 277 g/mol. The predicted octanol–water partition coefficient (Wildman–Crippen LogP) is 1.93. The van der Waals surface area contributed by atoms with E-state index < -0.39 is 5.54 Å². The highest BCUT2D eigenvalue weighted by atomic mass is 16.1. The van der Waals surface area contributed by atoms with Crippen molar-refractivity contribution < 1.29 is 4.79 Å². The van der Waals surface area contributed by atoms with Crippen LogP contribution >= 0.6 is 0 Å². The number of hydrogen-bond donors (Lipinski definition) is 2. The van der Waals surface area contributed by atoms with Gasteiger partial charge in [-0.1, -0.05) is 26.0 Å². The number of likely N-dealkylation sites (N-methyl/N-ethyl adjacent to an activating group) is 1. The van der Waals surface area contributed by atoms with Gasteiger partial charge in [-0.2, -0.15) is 0 Å². The summed E-state index contributed by atoms with van der Waals surface area (Å²) >= 11 is 0. The maximum atomic E-state index is 11.7. The molecule has 1 rings (SSSR count). The summed E-state index contributed by atoms with van der Waals surface area (Å²) in [5, 5.41) is 3.25. The number of nitrogens with zero attached hydrogens (tertiary/aromatic N) is 1. The molecular formula is C16H27N3O. The van der Waals surface area contributed by atoms with Gasteiger partial charge >= 0.3 is 0 Å². The Bertz CT molecular complexity index is 430. The minimum atomic E-state index is -0.714. The van der Waals surface area contributed by atoms with E-state index >= 15 is 0 Å². The van der Waals surface area contributed by atoms with Crippen molar-refractivity contribution in [1.29, 1.82) is 0 Å². The zero-order valence-corrected chi connectivity index (χ0v) is 13.1. The molecule has 1 unspecified atom stereocenters. The molecule has 1 amide bonds. The molecule has 0 aromatic heterocycles. The highest BCUT2D eigenvalue weighted by Crippen LogP contribution is 2.17. The van der Waals surface area contributed by atoms with Crippen LogP contribution in [0.1, 0.15) is 32.8 Å². The van der Waals surface area contributed by atoms with E-state index in [4.69, 9.17) is 5.73 Å². The van der Waals surface area contributed by atoms with Crippen molar-refractivity contribution in [2.45, 2.75) is 39.2 Å². The zero-order chi connectivity index (χ0) is 15.2. The quantitative estimate of drug-likeness (QED) is 0.763. The van der Waals surface area contributed by atoms with Crippen molar-refractivity contribution in [1.82, 2.24) is 5.32 Å². The van der Waals surface area contributed by atoms with E-state index in [-0.39, 0.29) is 5.91 Å². The normalized spacial score (nSPS) is 13.8. The molecule has 112 valence electrons. The van der Waals surface area contributed by atoms with Gasteiger partial charge in [-0.3, -0.25) is 4.79 Å². The Morgan fingerprint density at radius 3 is 2.35 bits per heavy atom. The van der Waals surface area contributed by atoms with E-state index in [2.05, 4.69) is 48.3 Å². The van der Waals surface area contributed by atoms with Crippen LogP contribution in [0, 0.1) is 0 Å². The van der Waals surface area contributed by atoms with Crippen LogP contribution in [0.25, 0.3) is 0 Å². The van der Waals surface area contributed by atoms with Gasteiger partial charge in [-0.25, -0.2) is 0 Å². The second-order valence-electron chi connectivity index (χ2n) is 5.50. The summed E-state index contributed by atoms with van der Waals surface area (Å²) in [6, 6.07) is 8.40. The lowest BCUT2D eigenvalue weighted by atomic mass is 10.00. The SMILES string of the molecule is CCCNC(C)(CN(C)c1ccc(CC)cc1)C(N)=O. The van der Waals surface area contributed by atoms with Crippen LogP contribution in [0.4, 0.5) is 5.69 Å². The summed E-state index contributed by atoms with van der Waals surface area (Å²) in [4.78, 5) is 13.8. The molecule has 20 heavy (non-hydrogen) atoms. The fraction of sp³-hybridized carbons (Fsp3) is 0.562. The number of nitrogens with one attached hydrogen (secondary N) is 1. The number of benzene rings is 1. The maximum absolute atomic E-state index is 11.7. The lowest BCUT2D eigenvalue weighted by molar-refractivity contribution is -0.123. The number of carbonyl (C=O) groups is 1. The third kappa shape index (κ3) is 4.23. The number of aryl methyl sites for hydroxylation is 1. The van der Waals surface area contributed by atoms with Gasteiger partial charge in [-0.05, 0) is 44.0 Å². The highest BCUT2D eigenvalue weighted by molar-refractivity contribution is 5.85. The van der Waals surface area contributed by atoms with Crippen molar-refractivity contribution in [2.24, 2.45) is 5.73 Å². The minimum absolute atomic E-state index is 0.317. The molecular weight excluding hydrogens is 250 g/mol. The Balaban J connectivity index is 2.78. The van der Waals surface area contributed by atoms with Crippen molar-refractivity contribution in [3.05, 3.63) is 29.8 Å². The first-order valence-electron chi connectivity index (χ1n) is 7.28. The number of carbonyl (C=O) groups excluding carboxylic acids is 1. The summed E-state index contributed by atoms with van der Waals surface area (Å²) in [5.74, 6) is -0.317. The van der Waals surface area contributed by atoms with Crippen LogP contribution < -0.4 is 16.0 Å². The average Bonchev–Trinajstić information content (AvgIpc) is 2.45. The smallest absolute Gasteiger partial charge is 0.239 e. The first kappa shape index (κ1) is 16.5. The molecule has 0 bridgehead atoms. The molecule has 0 aliphatic carbocycles. The van der Waals surface area contributed by atoms with E-state index in [1.807, 2.05) is 14.0 Å². The molecule has 0 heterocycles. The molecule has 0 saturated carbocycles. The Morgan fingerprint density at radius 2 is 1.90 bits per heavy atom.